The lowest BCUT2D eigenvalue weighted by Crippen LogP contribution is -2.48. The first kappa shape index (κ1) is 14.8. The standard InChI is InChI=1S/C12H22N2O4/c1-11(2)8(12(11,3)4)5-13-10(18)14-7(6-15)9(16)17/h7-8,15H,5-6H2,1-4H3,(H,16,17)(H2,13,14,18). The van der Waals surface area contributed by atoms with E-state index in [0.29, 0.717) is 12.5 Å². The van der Waals surface area contributed by atoms with Crippen LogP contribution >= 0.6 is 0 Å². The molecule has 1 atom stereocenters. The molecule has 1 rings (SSSR count). The minimum atomic E-state index is -1.26. The average Bonchev–Trinajstić information content (AvgIpc) is 2.63. The van der Waals surface area contributed by atoms with Crippen molar-refractivity contribution < 1.29 is 19.8 Å². The van der Waals surface area contributed by atoms with Crippen molar-refractivity contribution in [3.8, 4) is 0 Å². The molecule has 1 aliphatic carbocycles. The molecule has 1 saturated carbocycles. The molecule has 0 aliphatic heterocycles. The van der Waals surface area contributed by atoms with E-state index in [9.17, 15) is 9.59 Å². The minimum Gasteiger partial charge on any atom is -0.480 e. The van der Waals surface area contributed by atoms with Crippen molar-refractivity contribution in [3.05, 3.63) is 0 Å². The molecule has 18 heavy (non-hydrogen) atoms. The maximum absolute atomic E-state index is 11.5. The lowest BCUT2D eigenvalue weighted by Gasteiger charge is -2.13. The largest absolute Gasteiger partial charge is 0.480 e. The SMILES string of the molecule is CC1(C)C(CNC(=O)NC(CO)C(=O)O)C1(C)C. The zero-order valence-electron chi connectivity index (χ0n) is 11.3. The van der Waals surface area contributed by atoms with Gasteiger partial charge in [-0.15, -0.1) is 0 Å². The van der Waals surface area contributed by atoms with E-state index in [1.54, 1.807) is 0 Å². The molecule has 0 radical (unpaired) electrons. The summed E-state index contributed by atoms with van der Waals surface area (Å²) >= 11 is 0. The van der Waals surface area contributed by atoms with Crippen molar-refractivity contribution in [3.63, 3.8) is 0 Å². The molecule has 0 bridgehead atoms. The zero-order valence-corrected chi connectivity index (χ0v) is 11.3. The van der Waals surface area contributed by atoms with Crippen molar-refractivity contribution in [1.29, 1.82) is 0 Å². The van der Waals surface area contributed by atoms with E-state index in [-0.39, 0.29) is 10.8 Å². The first-order valence-corrected chi connectivity index (χ1v) is 6.02. The van der Waals surface area contributed by atoms with Gasteiger partial charge in [0.2, 0.25) is 0 Å². The van der Waals surface area contributed by atoms with Gasteiger partial charge < -0.3 is 20.8 Å². The van der Waals surface area contributed by atoms with Gasteiger partial charge in [-0.2, -0.15) is 0 Å². The summed E-state index contributed by atoms with van der Waals surface area (Å²) in [6.07, 6.45) is 0. The van der Waals surface area contributed by atoms with Gasteiger partial charge in [-0.05, 0) is 16.7 Å². The van der Waals surface area contributed by atoms with Crippen molar-refractivity contribution in [2.24, 2.45) is 16.7 Å². The summed E-state index contributed by atoms with van der Waals surface area (Å²) in [5.74, 6) is -0.882. The molecule has 6 heteroatoms. The molecule has 1 fully saturated rings. The molecule has 0 spiro atoms. The fraction of sp³-hybridized carbons (Fsp3) is 0.833. The van der Waals surface area contributed by atoms with Crippen LogP contribution in [0.2, 0.25) is 0 Å². The highest BCUT2D eigenvalue weighted by Gasteiger charge is 2.64. The van der Waals surface area contributed by atoms with Crippen LogP contribution in [0.25, 0.3) is 0 Å². The second kappa shape index (κ2) is 4.76. The number of aliphatic carboxylic acids is 1. The number of urea groups is 1. The zero-order chi connectivity index (χ0) is 14.1. The van der Waals surface area contributed by atoms with E-state index in [0.717, 1.165) is 0 Å². The maximum Gasteiger partial charge on any atom is 0.328 e. The molecule has 2 amide bonds. The molecular formula is C12H22N2O4. The van der Waals surface area contributed by atoms with E-state index in [2.05, 4.69) is 38.3 Å². The van der Waals surface area contributed by atoms with Crippen molar-refractivity contribution >= 4 is 12.0 Å². The van der Waals surface area contributed by atoms with Crippen molar-refractivity contribution in [2.75, 3.05) is 13.2 Å². The number of carboxylic acids is 1. The summed E-state index contributed by atoms with van der Waals surface area (Å²) in [6.45, 7) is 8.46. The molecule has 0 aromatic heterocycles. The summed E-state index contributed by atoms with van der Waals surface area (Å²) in [5, 5.41) is 22.3. The summed E-state index contributed by atoms with van der Waals surface area (Å²) in [4.78, 5) is 22.1. The minimum absolute atomic E-state index is 0.170. The number of aliphatic hydroxyl groups is 1. The molecule has 0 aromatic rings. The first-order chi connectivity index (χ1) is 8.14. The van der Waals surface area contributed by atoms with Gasteiger partial charge in [0.05, 0.1) is 6.61 Å². The van der Waals surface area contributed by atoms with Crippen LogP contribution in [-0.4, -0.2) is 41.4 Å². The second-order valence-corrected chi connectivity index (χ2v) is 5.92. The number of nitrogens with one attached hydrogen (secondary N) is 2. The monoisotopic (exact) mass is 258 g/mol. The predicted octanol–water partition coefficient (Wildman–Crippen LogP) is 0.413. The number of carbonyl (C=O) groups is 2. The number of rotatable bonds is 5. The number of hydrogen-bond acceptors (Lipinski definition) is 3. The molecular weight excluding hydrogens is 236 g/mol. The average molecular weight is 258 g/mol. The fourth-order valence-electron chi connectivity index (χ4n) is 2.43. The Bertz CT molecular complexity index is 338. The maximum atomic E-state index is 11.5. The quantitative estimate of drug-likeness (QED) is 0.574. The van der Waals surface area contributed by atoms with Crippen LogP contribution < -0.4 is 10.6 Å². The molecule has 0 saturated heterocycles. The second-order valence-electron chi connectivity index (χ2n) is 5.92. The van der Waals surface area contributed by atoms with Gasteiger partial charge in [-0.1, -0.05) is 27.7 Å². The van der Waals surface area contributed by atoms with Gasteiger partial charge in [0.15, 0.2) is 6.04 Å². The molecule has 0 heterocycles. The summed E-state index contributed by atoms with van der Waals surface area (Å²) in [5.41, 5.74) is 0.340. The third-order valence-electron chi connectivity index (χ3n) is 4.57. The van der Waals surface area contributed by atoms with Gasteiger partial charge in [0, 0.05) is 6.54 Å². The predicted molar refractivity (Wildman–Crippen MR) is 66.1 cm³/mol. The highest BCUT2D eigenvalue weighted by Crippen LogP contribution is 2.67. The van der Waals surface area contributed by atoms with E-state index in [4.69, 9.17) is 10.2 Å². The van der Waals surface area contributed by atoms with Crippen molar-refractivity contribution in [2.45, 2.75) is 33.7 Å². The topological polar surface area (TPSA) is 98.7 Å². The molecule has 0 aromatic carbocycles. The van der Waals surface area contributed by atoms with Crippen LogP contribution in [0, 0.1) is 16.7 Å². The Morgan fingerprint density at radius 1 is 1.22 bits per heavy atom. The van der Waals surface area contributed by atoms with Crippen molar-refractivity contribution in [1.82, 2.24) is 10.6 Å². The van der Waals surface area contributed by atoms with E-state index in [1.807, 2.05) is 0 Å². The van der Waals surface area contributed by atoms with Gasteiger partial charge >= 0.3 is 12.0 Å². The Hall–Kier alpha value is -1.30. The Morgan fingerprint density at radius 2 is 1.72 bits per heavy atom. The Balaban J connectivity index is 2.38. The number of hydrogen-bond donors (Lipinski definition) is 4. The van der Waals surface area contributed by atoms with E-state index < -0.39 is 24.6 Å². The lowest BCUT2D eigenvalue weighted by atomic mass is 10.0. The third kappa shape index (κ3) is 2.58. The highest BCUT2D eigenvalue weighted by atomic mass is 16.4. The van der Waals surface area contributed by atoms with E-state index >= 15 is 0 Å². The number of amides is 2. The number of aliphatic hydroxyl groups excluding tert-OH is 1. The third-order valence-corrected chi connectivity index (χ3v) is 4.57. The van der Waals surface area contributed by atoms with Gasteiger partial charge in [0.25, 0.3) is 0 Å². The summed E-state index contributed by atoms with van der Waals surface area (Å²) in [6, 6.07) is -1.82. The highest BCUT2D eigenvalue weighted by molar-refractivity contribution is 5.82. The van der Waals surface area contributed by atoms with Crippen LogP contribution in [0.15, 0.2) is 0 Å². The summed E-state index contributed by atoms with van der Waals surface area (Å²) < 4.78 is 0. The van der Waals surface area contributed by atoms with Crippen LogP contribution in [0.4, 0.5) is 4.79 Å². The molecule has 1 unspecified atom stereocenters. The Labute approximate surface area is 107 Å². The Kier molecular flexibility index (Phi) is 3.90. The van der Waals surface area contributed by atoms with Crippen LogP contribution in [0.5, 0.6) is 0 Å². The lowest BCUT2D eigenvalue weighted by molar-refractivity contribution is -0.140. The van der Waals surface area contributed by atoms with E-state index in [1.165, 1.54) is 0 Å². The Morgan fingerprint density at radius 3 is 2.06 bits per heavy atom. The normalized spacial score (nSPS) is 22.1. The fourth-order valence-corrected chi connectivity index (χ4v) is 2.43. The van der Waals surface area contributed by atoms with Gasteiger partial charge in [0.1, 0.15) is 0 Å². The summed E-state index contributed by atoms with van der Waals surface area (Å²) in [7, 11) is 0. The molecule has 104 valence electrons. The van der Waals surface area contributed by atoms with Crippen LogP contribution in [-0.2, 0) is 4.79 Å². The van der Waals surface area contributed by atoms with Crippen LogP contribution in [0.3, 0.4) is 0 Å². The van der Waals surface area contributed by atoms with Crippen LogP contribution in [0.1, 0.15) is 27.7 Å². The molecule has 4 N–H and O–H groups in total. The van der Waals surface area contributed by atoms with Gasteiger partial charge in [-0.3, -0.25) is 0 Å². The smallest absolute Gasteiger partial charge is 0.328 e. The first-order valence-electron chi connectivity index (χ1n) is 6.02. The number of carbonyl (C=O) groups excluding carboxylic acids is 1. The molecule has 1 aliphatic rings. The number of carboxylic acid groups (broad SMARTS) is 1. The van der Waals surface area contributed by atoms with Gasteiger partial charge in [-0.25, -0.2) is 9.59 Å². The molecule has 6 nitrogen and oxygen atoms in total.